The molecule has 1 N–H and O–H groups in total. The first-order chi connectivity index (χ1) is 8.79. The molecule has 3 atom stereocenters. The molecule has 4 heteroatoms. The van der Waals surface area contributed by atoms with Gasteiger partial charge in [0.25, 0.3) is 0 Å². The Morgan fingerprint density at radius 2 is 2.11 bits per heavy atom. The molecule has 2 fully saturated rings. The van der Waals surface area contributed by atoms with Crippen molar-refractivity contribution < 1.29 is 9.47 Å². The van der Waals surface area contributed by atoms with Crippen molar-refractivity contribution in [1.29, 1.82) is 0 Å². The van der Waals surface area contributed by atoms with E-state index in [1.54, 1.807) is 0 Å². The van der Waals surface area contributed by atoms with Crippen LogP contribution >= 0.6 is 0 Å². The van der Waals surface area contributed by atoms with Gasteiger partial charge in [0.15, 0.2) is 0 Å². The summed E-state index contributed by atoms with van der Waals surface area (Å²) in [6, 6.07) is 0.587. The van der Waals surface area contributed by atoms with Gasteiger partial charge in [-0.05, 0) is 26.2 Å². The van der Waals surface area contributed by atoms with Crippen LogP contribution in [-0.4, -0.2) is 62.5 Å². The molecule has 0 aromatic heterocycles. The molecular formula is C14H28N2O2. The summed E-state index contributed by atoms with van der Waals surface area (Å²) in [4.78, 5) is 2.54. The topological polar surface area (TPSA) is 33.7 Å². The molecule has 106 valence electrons. The standard InChI is InChI=1S/C14H28N2O2/c1-3-13-11-16(6-8-18-13)12(2)9-15-10-14-5-4-7-17-14/h12-15H,3-11H2,1-2H3. The molecule has 0 amide bonds. The quantitative estimate of drug-likeness (QED) is 0.775. The van der Waals surface area contributed by atoms with Crippen LogP contribution in [0.5, 0.6) is 0 Å². The Morgan fingerprint density at radius 3 is 2.83 bits per heavy atom. The molecule has 0 saturated carbocycles. The highest BCUT2D eigenvalue weighted by molar-refractivity contribution is 4.77. The van der Waals surface area contributed by atoms with E-state index in [0.717, 1.165) is 45.8 Å². The first kappa shape index (κ1) is 14.3. The Hall–Kier alpha value is -0.160. The third-order valence-electron chi connectivity index (χ3n) is 4.08. The van der Waals surface area contributed by atoms with Crippen molar-refractivity contribution in [2.75, 3.05) is 39.4 Å². The molecule has 4 nitrogen and oxygen atoms in total. The molecule has 0 aromatic rings. The zero-order valence-electron chi connectivity index (χ0n) is 11.9. The number of hydrogen-bond donors (Lipinski definition) is 1. The van der Waals surface area contributed by atoms with E-state index in [1.807, 2.05) is 0 Å². The predicted octanol–water partition coefficient (Wildman–Crippen LogP) is 1.25. The average Bonchev–Trinajstić information content (AvgIpc) is 2.92. The van der Waals surface area contributed by atoms with Crippen LogP contribution in [0.2, 0.25) is 0 Å². The van der Waals surface area contributed by atoms with Crippen LogP contribution < -0.4 is 5.32 Å². The molecule has 0 bridgehead atoms. The Labute approximate surface area is 111 Å². The molecule has 2 rings (SSSR count). The maximum Gasteiger partial charge on any atom is 0.0700 e. The van der Waals surface area contributed by atoms with Gasteiger partial charge in [-0.25, -0.2) is 0 Å². The highest BCUT2D eigenvalue weighted by Gasteiger charge is 2.23. The molecule has 18 heavy (non-hydrogen) atoms. The first-order valence-electron chi connectivity index (χ1n) is 7.47. The molecule has 3 unspecified atom stereocenters. The normalized spacial score (nSPS) is 31.7. The first-order valence-corrected chi connectivity index (χ1v) is 7.47. The SMILES string of the molecule is CCC1CN(C(C)CNCC2CCCO2)CCO1. The minimum atomic E-state index is 0.430. The second-order valence-electron chi connectivity index (χ2n) is 5.54. The van der Waals surface area contributed by atoms with Gasteiger partial charge in [0, 0.05) is 38.8 Å². The van der Waals surface area contributed by atoms with E-state index < -0.39 is 0 Å². The minimum absolute atomic E-state index is 0.430. The summed E-state index contributed by atoms with van der Waals surface area (Å²) < 4.78 is 11.3. The van der Waals surface area contributed by atoms with Gasteiger partial charge in [0.05, 0.1) is 18.8 Å². The number of nitrogens with one attached hydrogen (secondary N) is 1. The van der Waals surface area contributed by atoms with Gasteiger partial charge in [0.2, 0.25) is 0 Å². The Bertz CT molecular complexity index is 232. The fourth-order valence-electron chi connectivity index (χ4n) is 2.78. The van der Waals surface area contributed by atoms with E-state index >= 15 is 0 Å². The molecule has 2 heterocycles. The lowest BCUT2D eigenvalue weighted by atomic mass is 10.1. The van der Waals surface area contributed by atoms with Crippen LogP contribution in [-0.2, 0) is 9.47 Å². The summed E-state index contributed by atoms with van der Waals surface area (Å²) in [5.74, 6) is 0. The summed E-state index contributed by atoms with van der Waals surface area (Å²) in [5, 5.41) is 3.55. The Morgan fingerprint density at radius 1 is 1.28 bits per heavy atom. The Kier molecular flexibility index (Phi) is 5.89. The zero-order chi connectivity index (χ0) is 12.8. The Balaban J connectivity index is 1.62. The molecule has 0 radical (unpaired) electrons. The van der Waals surface area contributed by atoms with Crippen LogP contribution in [0.25, 0.3) is 0 Å². The second-order valence-corrected chi connectivity index (χ2v) is 5.54. The third kappa shape index (κ3) is 4.19. The van der Waals surface area contributed by atoms with Crippen molar-refractivity contribution in [1.82, 2.24) is 10.2 Å². The fourth-order valence-corrected chi connectivity index (χ4v) is 2.78. The van der Waals surface area contributed by atoms with E-state index in [1.165, 1.54) is 12.8 Å². The molecule has 0 spiro atoms. The van der Waals surface area contributed by atoms with Crippen LogP contribution in [0, 0.1) is 0 Å². The monoisotopic (exact) mass is 256 g/mol. The van der Waals surface area contributed by atoms with E-state index in [2.05, 4.69) is 24.1 Å². The van der Waals surface area contributed by atoms with Gasteiger partial charge < -0.3 is 14.8 Å². The van der Waals surface area contributed by atoms with Crippen molar-refractivity contribution >= 4 is 0 Å². The van der Waals surface area contributed by atoms with Crippen molar-refractivity contribution in [3.63, 3.8) is 0 Å². The summed E-state index contributed by atoms with van der Waals surface area (Å²) in [6.07, 6.45) is 4.44. The third-order valence-corrected chi connectivity index (χ3v) is 4.08. The number of nitrogens with zero attached hydrogens (tertiary/aromatic N) is 1. The van der Waals surface area contributed by atoms with Gasteiger partial charge in [-0.2, -0.15) is 0 Å². The maximum absolute atomic E-state index is 5.71. The number of hydrogen-bond acceptors (Lipinski definition) is 4. The van der Waals surface area contributed by atoms with Crippen LogP contribution in [0.1, 0.15) is 33.1 Å². The summed E-state index contributed by atoms with van der Waals surface area (Å²) in [7, 11) is 0. The lowest BCUT2D eigenvalue weighted by Crippen LogP contribution is -2.50. The van der Waals surface area contributed by atoms with Crippen molar-refractivity contribution in [3.8, 4) is 0 Å². The summed E-state index contributed by atoms with van der Waals surface area (Å²) in [6.45, 7) is 10.5. The zero-order valence-corrected chi connectivity index (χ0v) is 11.9. The van der Waals surface area contributed by atoms with Crippen LogP contribution in [0.3, 0.4) is 0 Å². The molecule has 0 aromatic carbocycles. The van der Waals surface area contributed by atoms with Crippen LogP contribution in [0.15, 0.2) is 0 Å². The van der Waals surface area contributed by atoms with Crippen molar-refractivity contribution in [2.24, 2.45) is 0 Å². The van der Waals surface area contributed by atoms with Gasteiger partial charge in [-0.1, -0.05) is 6.92 Å². The van der Waals surface area contributed by atoms with E-state index in [-0.39, 0.29) is 0 Å². The smallest absolute Gasteiger partial charge is 0.0700 e. The molecule has 2 aliphatic heterocycles. The maximum atomic E-state index is 5.71. The van der Waals surface area contributed by atoms with Crippen molar-refractivity contribution in [3.05, 3.63) is 0 Å². The summed E-state index contributed by atoms with van der Waals surface area (Å²) >= 11 is 0. The second kappa shape index (κ2) is 7.43. The minimum Gasteiger partial charge on any atom is -0.377 e. The van der Waals surface area contributed by atoms with Gasteiger partial charge in [-0.3, -0.25) is 4.90 Å². The van der Waals surface area contributed by atoms with E-state index in [4.69, 9.17) is 9.47 Å². The van der Waals surface area contributed by atoms with Gasteiger partial charge in [-0.15, -0.1) is 0 Å². The molecule has 0 aliphatic carbocycles. The highest BCUT2D eigenvalue weighted by atomic mass is 16.5. The molecule has 2 saturated heterocycles. The van der Waals surface area contributed by atoms with E-state index in [0.29, 0.717) is 18.2 Å². The van der Waals surface area contributed by atoms with Gasteiger partial charge in [0.1, 0.15) is 0 Å². The van der Waals surface area contributed by atoms with Crippen molar-refractivity contribution in [2.45, 2.75) is 51.4 Å². The molecule has 2 aliphatic rings. The highest BCUT2D eigenvalue weighted by Crippen LogP contribution is 2.12. The largest absolute Gasteiger partial charge is 0.377 e. The number of morpholine rings is 1. The fraction of sp³-hybridized carbons (Fsp3) is 1.00. The van der Waals surface area contributed by atoms with Gasteiger partial charge >= 0.3 is 0 Å². The number of rotatable bonds is 6. The lowest BCUT2D eigenvalue weighted by molar-refractivity contribution is -0.0419. The number of ether oxygens (including phenoxy) is 2. The summed E-state index contributed by atoms with van der Waals surface area (Å²) in [5.41, 5.74) is 0. The predicted molar refractivity (Wildman–Crippen MR) is 72.9 cm³/mol. The van der Waals surface area contributed by atoms with E-state index in [9.17, 15) is 0 Å². The molecular weight excluding hydrogens is 228 g/mol. The lowest BCUT2D eigenvalue weighted by Gasteiger charge is -2.36. The van der Waals surface area contributed by atoms with Crippen LogP contribution in [0.4, 0.5) is 0 Å². The average molecular weight is 256 g/mol.